The van der Waals surface area contributed by atoms with Crippen LogP contribution in [0.1, 0.15) is 133 Å². The van der Waals surface area contributed by atoms with Crippen LogP contribution in [0.5, 0.6) is 0 Å². The standard InChI is InChI=1S/C29H51N/c1-5-7-8-9-10-11-12-13-14-15-16-17-18-19-20-21-25-29(30,6-2)28-24-22-23-26(3)27(28)4/h6,22-24H,2,5,7-21,25,30H2,1,3-4H3. The quantitative estimate of drug-likeness (QED) is 0.177. The van der Waals surface area contributed by atoms with Gasteiger partial charge >= 0.3 is 0 Å². The van der Waals surface area contributed by atoms with E-state index in [-0.39, 0.29) is 5.54 Å². The zero-order valence-electron chi connectivity index (χ0n) is 20.6. The first-order valence-electron chi connectivity index (χ1n) is 13.0. The third-order valence-electron chi connectivity index (χ3n) is 6.91. The lowest BCUT2D eigenvalue weighted by Gasteiger charge is -2.29. The average Bonchev–Trinajstić information content (AvgIpc) is 2.75. The Kier molecular flexibility index (Phi) is 14.9. The van der Waals surface area contributed by atoms with Gasteiger partial charge in [-0.25, -0.2) is 0 Å². The lowest BCUT2D eigenvalue weighted by molar-refractivity contribution is 0.462. The SMILES string of the molecule is C=CC(N)(CCCCCCCCCCCCCCCCCC)c1cccc(C)c1C. The van der Waals surface area contributed by atoms with Gasteiger partial charge in [0.05, 0.1) is 5.54 Å². The normalized spacial score (nSPS) is 13.3. The second-order valence-electron chi connectivity index (χ2n) is 9.55. The topological polar surface area (TPSA) is 26.0 Å². The van der Waals surface area contributed by atoms with Crippen molar-refractivity contribution >= 4 is 0 Å². The minimum atomic E-state index is -0.383. The van der Waals surface area contributed by atoms with Gasteiger partial charge in [-0.05, 0) is 37.0 Å². The summed E-state index contributed by atoms with van der Waals surface area (Å²) in [5.41, 5.74) is 10.2. The summed E-state index contributed by atoms with van der Waals surface area (Å²) in [5, 5.41) is 0. The van der Waals surface area contributed by atoms with E-state index in [1.165, 1.54) is 119 Å². The summed E-state index contributed by atoms with van der Waals surface area (Å²) in [6, 6.07) is 6.46. The first-order valence-corrected chi connectivity index (χ1v) is 13.0. The van der Waals surface area contributed by atoms with Crippen molar-refractivity contribution in [2.24, 2.45) is 5.73 Å². The molecule has 1 heteroatoms. The molecule has 0 radical (unpaired) electrons. The van der Waals surface area contributed by atoms with Crippen LogP contribution in [0.2, 0.25) is 0 Å². The summed E-state index contributed by atoms with van der Waals surface area (Å²) < 4.78 is 0. The van der Waals surface area contributed by atoms with Crippen molar-refractivity contribution in [3.63, 3.8) is 0 Å². The van der Waals surface area contributed by atoms with E-state index in [0.29, 0.717) is 0 Å². The van der Waals surface area contributed by atoms with Gasteiger partial charge in [-0.15, -0.1) is 6.58 Å². The zero-order chi connectivity index (χ0) is 22.1. The molecule has 0 saturated carbocycles. The number of nitrogens with two attached hydrogens (primary N) is 1. The fourth-order valence-electron chi connectivity index (χ4n) is 4.57. The summed E-state index contributed by atoms with van der Waals surface area (Å²) in [5.74, 6) is 0. The molecule has 30 heavy (non-hydrogen) atoms. The molecule has 0 heterocycles. The van der Waals surface area contributed by atoms with E-state index in [4.69, 9.17) is 5.73 Å². The molecule has 2 N–H and O–H groups in total. The Balaban J connectivity index is 2.01. The zero-order valence-corrected chi connectivity index (χ0v) is 20.6. The second kappa shape index (κ2) is 16.6. The van der Waals surface area contributed by atoms with Crippen LogP contribution in [0.3, 0.4) is 0 Å². The molecule has 172 valence electrons. The highest BCUT2D eigenvalue weighted by Crippen LogP contribution is 2.30. The largest absolute Gasteiger partial charge is 0.318 e. The third-order valence-corrected chi connectivity index (χ3v) is 6.91. The van der Waals surface area contributed by atoms with Crippen LogP contribution >= 0.6 is 0 Å². The van der Waals surface area contributed by atoms with Gasteiger partial charge in [-0.1, -0.05) is 134 Å². The molecule has 1 aromatic carbocycles. The molecule has 1 unspecified atom stereocenters. The second-order valence-corrected chi connectivity index (χ2v) is 9.55. The van der Waals surface area contributed by atoms with Crippen molar-refractivity contribution in [3.05, 3.63) is 47.5 Å². The van der Waals surface area contributed by atoms with Gasteiger partial charge in [-0.3, -0.25) is 0 Å². The van der Waals surface area contributed by atoms with Crippen molar-refractivity contribution in [2.75, 3.05) is 0 Å². The number of hydrogen-bond donors (Lipinski definition) is 1. The highest BCUT2D eigenvalue weighted by Gasteiger charge is 2.25. The Morgan fingerprint density at radius 3 is 1.60 bits per heavy atom. The number of benzene rings is 1. The molecule has 0 aliphatic rings. The van der Waals surface area contributed by atoms with E-state index in [9.17, 15) is 0 Å². The number of unbranched alkanes of at least 4 members (excludes halogenated alkanes) is 15. The molecule has 0 aliphatic carbocycles. The molecule has 1 nitrogen and oxygen atoms in total. The summed E-state index contributed by atoms with van der Waals surface area (Å²) in [6.07, 6.45) is 25.4. The molecule has 1 atom stereocenters. The molecule has 0 bridgehead atoms. The van der Waals surface area contributed by atoms with Crippen LogP contribution in [0.4, 0.5) is 0 Å². The van der Waals surface area contributed by atoms with E-state index in [1.807, 2.05) is 6.08 Å². The molecule has 1 aromatic rings. The highest BCUT2D eigenvalue weighted by atomic mass is 14.7. The van der Waals surface area contributed by atoms with E-state index in [2.05, 4.69) is 45.5 Å². The van der Waals surface area contributed by atoms with Crippen LogP contribution in [0.25, 0.3) is 0 Å². The molecule has 0 saturated heterocycles. The smallest absolute Gasteiger partial charge is 0.0595 e. The van der Waals surface area contributed by atoms with E-state index >= 15 is 0 Å². The van der Waals surface area contributed by atoms with E-state index in [1.54, 1.807) is 0 Å². The Hall–Kier alpha value is -1.08. The molecule has 1 rings (SSSR count). The molecular weight excluding hydrogens is 362 g/mol. The summed E-state index contributed by atoms with van der Waals surface area (Å²) in [7, 11) is 0. The maximum absolute atomic E-state index is 6.73. The fraction of sp³-hybridized carbons (Fsp3) is 0.724. The van der Waals surface area contributed by atoms with Gasteiger partial charge in [0.2, 0.25) is 0 Å². The lowest BCUT2D eigenvalue weighted by Crippen LogP contribution is -2.35. The molecule has 0 aliphatic heterocycles. The van der Waals surface area contributed by atoms with Gasteiger partial charge < -0.3 is 5.73 Å². The van der Waals surface area contributed by atoms with Crippen molar-refractivity contribution in [1.82, 2.24) is 0 Å². The minimum absolute atomic E-state index is 0.383. The maximum Gasteiger partial charge on any atom is 0.0595 e. The molecular formula is C29H51N. The monoisotopic (exact) mass is 413 g/mol. The first-order chi connectivity index (χ1) is 14.5. The van der Waals surface area contributed by atoms with Crippen molar-refractivity contribution < 1.29 is 0 Å². The van der Waals surface area contributed by atoms with Crippen LogP contribution < -0.4 is 5.73 Å². The number of aryl methyl sites for hydroxylation is 1. The predicted molar refractivity (Wildman–Crippen MR) is 136 cm³/mol. The third kappa shape index (κ3) is 10.8. The summed E-state index contributed by atoms with van der Waals surface area (Å²) in [4.78, 5) is 0. The van der Waals surface area contributed by atoms with Crippen LogP contribution in [-0.4, -0.2) is 0 Å². The average molecular weight is 414 g/mol. The van der Waals surface area contributed by atoms with Crippen molar-refractivity contribution in [2.45, 2.75) is 135 Å². The first kappa shape index (κ1) is 27.0. The minimum Gasteiger partial charge on any atom is -0.318 e. The van der Waals surface area contributed by atoms with Crippen LogP contribution in [-0.2, 0) is 5.54 Å². The van der Waals surface area contributed by atoms with Crippen molar-refractivity contribution in [3.8, 4) is 0 Å². The molecule has 0 fully saturated rings. The van der Waals surface area contributed by atoms with E-state index < -0.39 is 0 Å². The van der Waals surface area contributed by atoms with Gasteiger partial charge in [0.25, 0.3) is 0 Å². The number of hydrogen-bond acceptors (Lipinski definition) is 1. The van der Waals surface area contributed by atoms with Crippen LogP contribution in [0, 0.1) is 13.8 Å². The van der Waals surface area contributed by atoms with Crippen molar-refractivity contribution in [1.29, 1.82) is 0 Å². The predicted octanol–water partition coefficient (Wildman–Crippen LogP) is 9.30. The Morgan fingerprint density at radius 1 is 0.733 bits per heavy atom. The Morgan fingerprint density at radius 2 is 1.17 bits per heavy atom. The van der Waals surface area contributed by atoms with Gasteiger partial charge in [0.1, 0.15) is 0 Å². The maximum atomic E-state index is 6.73. The molecule has 0 aromatic heterocycles. The van der Waals surface area contributed by atoms with Gasteiger partial charge in [0, 0.05) is 0 Å². The fourth-order valence-corrected chi connectivity index (χ4v) is 4.57. The lowest BCUT2D eigenvalue weighted by atomic mass is 9.82. The Labute approximate surface area is 188 Å². The summed E-state index contributed by atoms with van der Waals surface area (Å²) >= 11 is 0. The Bertz CT molecular complexity index is 561. The summed E-state index contributed by atoms with van der Waals surface area (Å²) in [6.45, 7) is 10.7. The molecule has 0 spiro atoms. The number of rotatable bonds is 19. The van der Waals surface area contributed by atoms with E-state index in [0.717, 1.165) is 6.42 Å². The van der Waals surface area contributed by atoms with Gasteiger partial charge in [0.15, 0.2) is 0 Å². The van der Waals surface area contributed by atoms with Crippen LogP contribution in [0.15, 0.2) is 30.9 Å². The molecule has 0 amide bonds. The highest BCUT2D eigenvalue weighted by molar-refractivity contribution is 5.40. The van der Waals surface area contributed by atoms with Gasteiger partial charge in [-0.2, -0.15) is 0 Å².